The third-order valence-electron chi connectivity index (χ3n) is 13.6. The number of rotatable bonds is 6. The van der Waals surface area contributed by atoms with Crippen molar-refractivity contribution < 1.29 is 0 Å². The number of hydrogen-bond donors (Lipinski definition) is 0. The van der Waals surface area contributed by atoms with E-state index in [1.54, 1.807) is 0 Å². The highest BCUT2D eigenvalue weighted by Crippen LogP contribution is 2.40. The summed E-state index contributed by atoms with van der Waals surface area (Å²) >= 11 is 0. The zero-order chi connectivity index (χ0) is 45.0. The molecule has 0 unspecified atom stereocenters. The van der Waals surface area contributed by atoms with Crippen LogP contribution in [0.1, 0.15) is 23.2 Å². The number of fused-ring (bicyclic) bond motifs is 8. The van der Waals surface area contributed by atoms with E-state index >= 15 is 0 Å². The van der Waals surface area contributed by atoms with Crippen LogP contribution in [0.15, 0.2) is 237 Å². The summed E-state index contributed by atoms with van der Waals surface area (Å²) in [5.74, 6) is 0.714. The van der Waals surface area contributed by atoms with E-state index in [1.807, 2.05) is 0 Å². The minimum Gasteiger partial charge on any atom is -0.309 e. The average Bonchev–Trinajstić information content (AvgIpc) is 3.92. The van der Waals surface area contributed by atoms with Crippen molar-refractivity contribution in [3.63, 3.8) is 0 Å². The van der Waals surface area contributed by atoms with E-state index in [0.29, 0.717) is 12.2 Å². The van der Waals surface area contributed by atoms with Crippen LogP contribution in [0.25, 0.3) is 111 Å². The second kappa shape index (κ2) is 16.5. The second-order valence-electron chi connectivity index (χ2n) is 17.6. The Bertz CT molecular complexity index is 3990. The van der Waals surface area contributed by atoms with E-state index in [2.05, 4.69) is 252 Å². The number of allylic oxidation sites excluding steroid dienone is 5. The van der Waals surface area contributed by atoms with Crippen LogP contribution in [-0.4, -0.2) is 19.1 Å². The molecule has 9 aromatic carbocycles. The van der Waals surface area contributed by atoms with Crippen molar-refractivity contribution in [1.82, 2.24) is 19.1 Å². The Labute approximate surface area is 394 Å². The van der Waals surface area contributed by atoms with Gasteiger partial charge in [0.25, 0.3) is 0 Å². The molecule has 0 fully saturated rings. The summed E-state index contributed by atoms with van der Waals surface area (Å²) in [6.07, 6.45) is 12.6. The van der Waals surface area contributed by atoms with Crippen molar-refractivity contribution >= 4 is 66.0 Å². The Morgan fingerprint density at radius 3 is 1.57 bits per heavy atom. The van der Waals surface area contributed by atoms with E-state index in [-0.39, 0.29) is 0 Å². The van der Waals surface area contributed by atoms with Crippen molar-refractivity contribution in [3.05, 3.63) is 253 Å². The number of nitrogens with zero attached hydrogens (tertiary/aromatic N) is 4. The van der Waals surface area contributed by atoms with Gasteiger partial charge >= 0.3 is 0 Å². The lowest BCUT2D eigenvalue weighted by molar-refractivity contribution is 1.05. The van der Waals surface area contributed by atoms with Gasteiger partial charge in [0.15, 0.2) is 5.82 Å². The minimum absolute atomic E-state index is 0.681. The summed E-state index contributed by atoms with van der Waals surface area (Å²) in [7, 11) is 0. The van der Waals surface area contributed by atoms with Crippen LogP contribution in [-0.2, 0) is 6.42 Å². The predicted molar refractivity (Wildman–Crippen MR) is 285 cm³/mol. The summed E-state index contributed by atoms with van der Waals surface area (Å²) in [6, 6.07) is 76.5. The van der Waals surface area contributed by atoms with Crippen molar-refractivity contribution in [3.8, 4) is 45.1 Å². The molecule has 0 radical (unpaired) electrons. The number of aromatic nitrogens is 4. The summed E-state index contributed by atoms with van der Waals surface area (Å²) in [5, 5.41) is 7.41. The van der Waals surface area contributed by atoms with Gasteiger partial charge in [-0.3, -0.25) is 0 Å². The maximum absolute atomic E-state index is 5.42. The summed E-state index contributed by atoms with van der Waals surface area (Å²) in [4.78, 5) is 10.8. The highest BCUT2D eigenvalue weighted by atomic mass is 15.0. The van der Waals surface area contributed by atoms with Crippen LogP contribution < -0.4 is 0 Å². The summed E-state index contributed by atoms with van der Waals surface area (Å²) in [6.45, 7) is 0. The molecule has 0 N–H and O–H groups in total. The highest BCUT2D eigenvalue weighted by molar-refractivity contribution is 6.13. The molecule has 0 spiro atoms. The average molecular weight is 869 g/mol. The standard InChI is InChI=1S/C64H44N4/c1-2-10-29-58-57(42-48(21-5-1)52-28-17-22-43-18-11-12-25-51(43)52)63(44-19-6-3-7-20-44)66-64(65-58)45-32-36-50(37-33-45)68-60-31-16-14-27-54(60)56-41-47(35-39-62(56)68)46-34-38-61-55(40-46)53-26-13-15-30-59(53)67(61)49-23-8-4-9-24-49/h1-20,22-28,30-42H,21,29H2/b5-1-,10-2-,48-42+. The van der Waals surface area contributed by atoms with E-state index in [4.69, 9.17) is 9.97 Å². The van der Waals surface area contributed by atoms with Gasteiger partial charge in [-0.05, 0) is 118 Å². The fraction of sp³-hybridized carbons (Fsp3) is 0.0312. The first kappa shape index (κ1) is 39.5. The summed E-state index contributed by atoms with van der Waals surface area (Å²) < 4.78 is 4.76. The molecule has 3 aromatic heterocycles. The fourth-order valence-corrected chi connectivity index (χ4v) is 10.4. The lowest BCUT2D eigenvalue weighted by atomic mass is 9.92. The van der Waals surface area contributed by atoms with Crippen molar-refractivity contribution in [1.29, 1.82) is 0 Å². The van der Waals surface area contributed by atoms with E-state index in [9.17, 15) is 0 Å². The smallest absolute Gasteiger partial charge is 0.160 e. The Morgan fingerprint density at radius 2 is 0.897 bits per heavy atom. The minimum atomic E-state index is 0.681. The Hall–Kier alpha value is -8.86. The van der Waals surface area contributed by atoms with E-state index in [0.717, 1.165) is 51.4 Å². The van der Waals surface area contributed by atoms with Crippen LogP contribution >= 0.6 is 0 Å². The molecule has 1 aliphatic rings. The third-order valence-corrected chi connectivity index (χ3v) is 13.6. The van der Waals surface area contributed by atoms with E-state index < -0.39 is 0 Å². The molecule has 0 bridgehead atoms. The van der Waals surface area contributed by atoms with Crippen molar-refractivity contribution in [2.75, 3.05) is 0 Å². The molecule has 13 rings (SSSR count). The molecular formula is C64H44N4. The quantitative estimate of drug-likeness (QED) is 0.167. The molecule has 0 amide bonds. The molecule has 12 aromatic rings. The fourth-order valence-electron chi connectivity index (χ4n) is 10.4. The van der Waals surface area contributed by atoms with Crippen LogP contribution in [0, 0.1) is 0 Å². The lowest BCUT2D eigenvalue weighted by Gasteiger charge is -2.17. The maximum atomic E-state index is 5.42. The molecule has 4 nitrogen and oxygen atoms in total. The zero-order valence-electron chi connectivity index (χ0n) is 37.3. The Morgan fingerprint density at radius 1 is 0.368 bits per heavy atom. The van der Waals surface area contributed by atoms with Gasteiger partial charge in [0.2, 0.25) is 0 Å². The molecule has 0 saturated heterocycles. The molecule has 0 saturated carbocycles. The van der Waals surface area contributed by atoms with Crippen molar-refractivity contribution in [2.45, 2.75) is 12.8 Å². The van der Waals surface area contributed by atoms with Crippen LogP contribution in [0.2, 0.25) is 0 Å². The monoisotopic (exact) mass is 868 g/mol. The van der Waals surface area contributed by atoms with Gasteiger partial charge in [0.1, 0.15) is 0 Å². The van der Waals surface area contributed by atoms with Crippen LogP contribution in [0.4, 0.5) is 0 Å². The third kappa shape index (κ3) is 6.77. The molecule has 4 heteroatoms. The second-order valence-corrected chi connectivity index (χ2v) is 17.6. The van der Waals surface area contributed by atoms with Crippen LogP contribution in [0.3, 0.4) is 0 Å². The van der Waals surface area contributed by atoms with Gasteiger partial charge in [0.05, 0.1) is 33.5 Å². The predicted octanol–water partition coefficient (Wildman–Crippen LogP) is 16.4. The Balaban J connectivity index is 0.908. The Kier molecular flexibility index (Phi) is 9.61. The SMILES string of the molecule is C1=C\C/C(c2cccc3ccccc23)=C\c2c(nc(-c3ccc(-n4c5ccccc5c5cc(-c6ccc7c(c6)c6ccccc6n7-c6ccccc6)ccc54)cc3)nc2-c2ccccc2)C\C=C/1. The molecular weight excluding hydrogens is 825 g/mol. The van der Waals surface area contributed by atoms with Crippen LogP contribution in [0.5, 0.6) is 0 Å². The first-order valence-electron chi connectivity index (χ1n) is 23.4. The largest absolute Gasteiger partial charge is 0.309 e. The zero-order valence-corrected chi connectivity index (χ0v) is 37.3. The number of benzene rings is 9. The lowest BCUT2D eigenvalue weighted by Crippen LogP contribution is -2.04. The molecule has 1 aliphatic carbocycles. The first-order valence-corrected chi connectivity index (χ1v) is 23.4. The molecule has 68 heavy (non-hydrogen) atoms. The topological polar surface area (TPSA) is 35.6 Å². The molecule has 3 heterocycles. The van der Waals surface area contributed by atoms with Crippen molar-refractivity contribution in [2.24, 2.45) is 0 Å². The van der Waals surface area contributed by atoms with Gasteiger partial charge in [-0.25, -0.2) is 9.97 Å². The maximum Gasteiger partial charge on any atom is 0.160 e. The molecule has 0 aliphatic heterocycles. The van der Waals surface area contributed by atoms with E-state index in [1.165, 1.54) is 71.1 Å². The number of para-hydroxylation sites is 3. The van der Waals surface area contributed by atoms with Gasteiger partial charge in [-0.1, -0.05) is 164 Å². The normalized spacial score (nSPS) is 14.6. The molecule has 320 valence electrons. The number of hydrogen-bond acceptors (Lipinski definition) is 2. The van der Waals surface area contributed by atoms with Gasteiger partial charge in [-0.2, -0.15) is 0 Å². The summed E-state index contributed by atoms with van der Waals surface area (Å²) in [5.41, 5.74) is 16.9. The van der Waals surface area contributed by atoms with Gasteiger partial charge < -0.3 is 9.13 Å². The first-order chi connectivity index (χ1) is 33.7. The molecule has 0 atom stereocenters. The van der Waals surface area contributed by atoms with Gasteiger partial charge in [0, 0.05) is 56.0 Å². The highest BCUT2D eigenvalue weighted by Gasteiger charge is 2.20. The van der Waals surface area contributed by atoms with Gasteiger partial charge in [-0.15, -0.1) is 0 Å².